The van der Waals surface area contributed by atoms with Gasteiger partial charge in [-0.25, -0.2) is 0 Å². The number of nitrogens with one attached hydrogen (secondary N) is 1. The summed E-state index contributed by atoms with van der Waals surface area (Å²) in [5, 5.41) is 3.67. The summed E-state index contributed by atoms with van der Waals surface area (Å²) in [6.07, 6.45) is 5.13. The minimum absolute atomic E-state index is 0.618. The van der Waals surface area contributed by atoms with Crippen molar-refractivity contribution in [2.75, 3.05) is 25.9 Å². The van der Waals surface area contributed by atoms with Gasteiger partial charge in [-0.05, 0) is 31.9 Å². The smallest absolute Gasteiger partial charge is 0.0285 e. The molecular formula is C13H26N2S. The van der Waals surface area contributed by atoms with Gasteiger partial charge in [-0.15, -0.1) is 0 Å². The van der Waals surface area contributed by atoms with Crippen LogP contribution in [0.3, 0.4) is 0 Å². The molecule has 2 fully saturated rings. The van der Waals surface area contributed by atoms with Crippen LogP contribution in [0.1, 0.15) is 33.6 Å². The predicted molar refractivity (Wildman–Crippen MR) is 73.1 cm³/mol. The molecule has 0 bridgehead atoms. The molecule has 0 spiro atoms. The van der Waals surface area contributed by atoms with Crippen LogP contribution in [-0.4, -0.2) is 47.6 Å². The summed E-state index contributed by atoms with van der Waals surface area (Å²) >= 11 is 2.08. The Morgan fingerprint density at radius 1 is 1.44 bits per heavy atom. The summed E-state index contributed by atoms with van der Waals surface area (Å²) in [5.74, 6) is 0.749. The standard InChI is InChI=1S/C13H26N2S/c1-10(2)12-8-15(11(3)7-14-12)9-13(16-4)5-6-13/h10-12,14H,5-9H2,1-4H3. The fraction of sp³-hybridized carbons (Fsp3) is 1.00. The Labute approximate surface area is 105 Å². The number of rotatable bonds is 4. The van der Waals surface area contributed by atoms with Crippen LogP contribution < -0.4 is 5.32 Å². The molecule has 0 aromatic heterocycles. The second-order valence-corrected chi connectivity index (χ2v) is 7.20. The third-order valence-corrected chi connectivity index (χ3v) is 5.67. The fourth-order valence-electron chi connectivity index (χ4n) is 2.55. The Morgan fingerprint density at radius 2 is 2.12 bits per heavy atom. The average Bonchev–Trinajstić information content (AvgIpc) is 3.02. The molecule has 1 aliphatic heterocycles. The molecule has 16 heavy (non-hydrogen) atoms. The van der Waals surface area contributed by atoms with E-state index in [0.29, 0.717) is 16.8 Å². The van der Waals surface area contributed by atoms with Gasteiger partial charge in [-0.2, -0.15) is 11.8 Å². The average molecular weight is 242 g/mol. The second-order valence-electron chi connectivity index (χ2n) is 5.92. The third-order valence-electron chi connectivity index (χ3n) is 4.27. The number of hydrogen-bond donors (Lipinski definition) is 1. The van der Waals surface area contributed by atoms with Crippen molar-refractivity contribution in [1.29, 1.82) is 0 Å². The van der Waals surface area contributed by atoms with E-state index in [1.807, 2.05) is 0 Å². The van der Waals surface area contributed by atoms with Crippen molar-refractivity contribution < 1.29 is 0 Å². The Kier molecular flexibility index (Phi) is 3.87. The lowest BCUT2D eigenvalue weighted by molar-refractivity contribution is 0.122. The lowest BCUT2D eigenvalue weighted by Gasteiger charge is -2.41. The molecule has 1 heterocycles. The van der Waals surface area contributed by atoms with Crippen LogP contribution >= 0.6 is 11.8 Å². The Bertz CT molecular complexity index is 238. The Morgan fingerprint density at radius 3 is 2.62 bits per heavy atom. The maximum absolute atomic E-state index is 3.67. The van der Waals surface area contributed by atoms with Gasteiger partial charge in [0.2, 0.25) is 0 Å². The summed E-state index contributed by atoms with van der Waals surface area (Å²) in [5.41, 5.74) is 0. The first-order valence-electron chi connectivity index (χ1n) is 6.59. The van der Waals surface area contributed by atoms with E-state index in [9.17, 15) is 0 Å². The lowest BCUT2D eigenvalue weighted by Crippen LogP contribution is -2.58. The first-order chi connectivity index (χ1) is 7.56. The quantitative estimate of drug-likeness (QED) is 0.813. The number of piperazine rings is 1. The van der Waals surface area contributed by atoms with Gasteiger partial charge in [-0.3, -0.25) is 4.90 Å². The van der Waals surface area contributed by atoms with E-state index in [1.54, 1.807) is 0 Å². The normalized spacial score (nSPS) is 34.3. The van der Waals surface area contributed by atoms with Crippen molar-refractivity contribution >= 4 is 11.8 Å². The van der Waals surface area contributed by atoms with Crippen molar-refractivity contribution in [3.05, 3.63) is 0 Å². The summed E-state index contributed by atoms with van der Waals surface area (Å²) in [6.45, 7) is 10.7. The SMILES string of the molecule is CSC1(CN2CC(C(C)C)NCC2C)CC1. The van der Waals surface area contributed by atoms with E-state index < -0.39 is 0 Å². The molecule has 2 rings (SSSR count). The molecule has 0 aromatic carbocycles. The zero-order chi connectivity index (χ0) is 11.8. The zero-order valence-corrected chi connectivity index (χ0v) is 11.9. The van der Waals surface area contributed by atoms with Gasteiger partial charge < -0.3 is 5.32 Å². The van der Waals surface area contributed by atoms with Gasteiger partial charge in [0, 0.05) is 36.5 Å². The van der Waals surface area contributed by atoms with E-state index in [2.05, 4.69) is 49.0 Å². The molecule has 1 aliphatic carbocycles. The van der Waals surface area contributed by atoms with Gasteiger partial charge in [0.1, 0.15) is 0 Å². The summed E-state index contributed by atoms with van der Waals surface area (Å²) in [7, 11) is 0. The molecule has 2 atom stereocenters. The topological polar surface area (TPSA) is 15.3 Å². The van der Waals surface area contributed by atoms with Crippen molar-refractivity contribution in [3.63, 3.8) is 0 Å². The summed E-state index contributed by atoms with van der Waals surface area (Å²) < 4.78 is 0.618. The van der Waals surface area contributed by atoms with E-state index in [4.69, 9.17) is 0 Å². The number of hydrogen-bond acceptors (Lipinski definition) is 3. The molecule has 2 aliphatic rings. The Balaban J connectivity index is 1.91. The maximum atomic E-state index is 3.67. The van der Waals surface area contributed by atoms with Gasteiger partial charge >= 0.3 is 0 Å². The molecule has 1 saturated heterocycles. The molecule has 94 valence electrons. The molecule has 0 radical (unpaired) electrons. The minimum atomic E-state index is 0.618. The van der Waals surface area contributed by atoms with Crippen LogP contribution in [0.2, 0.25) is 0 Å². The monoisotopic (exact) mass is 242 g/mol. The van der Waals surface area contributed by atoms with Gasteiger partial charge in [0.05, 0.1) is 0 Å². The molecule has 0 aromatic rings. The maximum Gasteiger partial charge on any atom is 0.0285 e. The van der Waals surface area contributed by atoms with Crippen LogP contribution in [0.15, 0.2) is 0 Å². The van der Waals surface area contributed by atoms with Crippen LogP contribution in [0.25, 0.3) is 0 Å². The molecule has 1 N–H and O–H groups in total. The highest BCUT2D eigenvalue weighted by Gasteiger charge is 2.44. The molecule has 2 nitrogen and oxygen atoms in total. The van der Waals surface area contributed by atoms with Gasteiger partial charge in [0.25, 0.3) is 0 Å². The van der Waals surface area contributed by atoms with Crippen molar-refractivity contribution in [2.24, 2.45) is 5.92 Å². The van der Waals surface area contributed by atoms with Crippen molar-refractivity contribution in [2.45, 2.75) is 50.4 Å². The zero-order valence-electron chi connectivity index (χ0n) is 11.1. The van der Waals surface area contributed by atoms with Crippen LogP contribution in [0.5, 0.6) is 0 Å². The first kappa shape index (κ1) is 12.7. The largest absolute Gasteiger partial charge is 0.311 e. The first-order valence-corrected chi connectivity index (χ1v) is 7.81. The lowest BCUT2D eigenvalue weighted by atomic mass is 9.99. The molecule has 3 heteroatoms. The van der Waals surface area contributed by atoms with E-state index in [-0.39, 0.29) is 0 Å². The highest BCUT2D eigenvalue weighted by molar-refractivity contribution is 8.00. The van der Waals surface area contributed by atoms with E-state index in [1.165, 1.54) is 25.9 Å². The minimum Gasteiger partial charge on any atom is -0.311 e. The van der Waals surface area contributed by atoms with Crippen molar-refractivity contribution in [3.8, 4) is 0 Å². The van der Waals surface area contributed by atoms with Crippen LogP contribution in [0.4, 0.5) is 0 Å². The third kappa shape index (κ3) is 2.74. The van der Waals surface area contributed by atoms with Gasteiger partial charge in [-0.1, -0.05) is 13.8 Å². The number of thioether (sulfide) groups is 1. The van der Waals surface area contributed by atoms with Crippen molar-refractivity contribution in [1.82, 2.24) is 10.2 Å². The summed E-state index contributed by atoms with van der Waals surface area (Å²) in [6, 6.07) is 1.40. The predicted octanol–water partition coefficient (Wildman–Crippen LogP) is 2.20. The second kappa shape index (κ2) is 4.87. The summed E-state index contributed by atoms with van der Waals surface area (Å²) in [4.78, 5) is 2.71. The molecular weight excluding hydrogens is 216 g/mol. The van der Waals surface area contributed by atoms with E-state index >= 15 is 0 Å². The molecule has 1 saturated carbocycles. The fourth-order valence-corrected chi connectivity index (χ4v) is 3.36. The van der Waals surface area contributed by atoms with Crippen LogP contribution in [-0.2, 0) is 0 Å². The van der Waals surface area contributed by atoms with Gasteiger partial charge in [0.15, 0.2) is 0 Å². The van der Waals surface area contributed by atoms with E-state index in [0.717, 1.165) is 12.5 Å². The number of nitrogens with zero attached hydrogens (tertiary/aromatic N) is 1. The molecule has 0 amide bonds. The highest BCUT2D eigenvalue weighted by Crippen LogP contribution is 2.48. The Hall–Kier alpha value is 0.270. The highest BCUT2D eigenvalue weighted by atomic mass is 32.2. The molecule has 2 unspecified atom stereocenters. The van der Waals surface area contributed by atoms with Crippen LogP contribution in [0, 0.1) is 5.92 Å².